The average molecular weight is 328 g/mol. The number of benzene rings is 2. The van der Waals surface area contributed by atoms with E-state index in [1.165, 1.54) is 0 Å². The molecule has 0 saturated heterocycles. The molecule has 24 heavy (non-hydrogen) atoms. The maximum Gasteiger partial charge on any atom is 0.240 e. The van der Waals surface area contributed by atoms with Gasteiger partial charge in [-0.2, -0.15) is 0 Å². The van der Waals surface area contributed by atoms with E-state index in [1.54, 1.807) is 12.0 Å². The summed E-state index contributed by atoms with van der Waals surface area (Å²) in [5.41, 5.74) is 0.918. The van der Waals surface area contributed by atoms with Gasteiger partial charge in [-0.1, -0.05) is 18.2 Å². The van der Waals surface area contributed by atoms with E-state index < -0.39 is 0 Å². The summed E-state index contributed by atoms with van der Waals surface area (Å²) in [6.07, 6.45) is 0. The SMILES string of the molecule is CCN(C(=O)CNCCOc1ccc(OC)cc1)c1ccccc1. The van der Waals surface area contributed by atoms with E-state index in [-0.39, 0.29) is 12.5 Å². The molecule has 0 saturated carbocycles. The molecule has 1 N–H and O–H groups in total. The standard InChI is InChI=1S/C19H24N2O3/c1-3-21(16-7-5-4-6-8-16)19(22)15-20-13-14-24-18-11-9-17(23-2)10-12-18/h4-12,20H,3,13-15H2,1-2H3. The summed E-state index contributed by atoms with van der Waals surface area (Å²) in [4.78, 5) is 14.0. The van der Waals surface area contributed by atoms with Crippen LogP contribution in [0.2, 0.25) is 0 Å². The van der Waals surface area contributed by atoms with Crippen molar-refractivity contribution in [2.24, 2.45) is 0 Å². The molecule has 2 rings (SSSR count). The van der Waals surface area contributed by atoms with E-state index >= 15 is 0 Å². The van der Waals surface area contributed by atoms with Gasteiger partial charge in [0.15, 0.2) is 0 Å². The van der Waals surface area contributed by atoms with Crippen LogP contribution >= 0.6 is 0 Å². The first-order valence-corrected chi connectivity index (χ1v) is 8.07. The number of para-hydroxylation sites is 1. The van der Waals surface area contributed by atoms with Crippen LogP contribution in [0.15, 0.2) is 54.6 Å². The van der Waals surface area contributed by atoms with Crippen molar-refractivity contribution in [3.8, 4) is 11.5 Å². The highest BCUT2D eigenvalue weighted by Crippen LogP contribution is 2.16. The van der Waals surface area contributed by atoms with Crippen LogP contribution in [0.25, 0.3) is 0 Å². The maximum absolute atomic E-state index is 12.3. The smallest absolute Gasteiger partial charge is 0.240 e. The summed E-state index contributed by atoms with van der Waals surface area (Å²) in [5.74, 6) is 1.63. The first kappa shape index (κ1) is 17.8. The third kappa shape index (κ3) is 5.28. The molecule has 1 amide bonds. The Hall–Kier alpha value is -2.53. The van der Waals surface area contributed by atoms with Crippen LogP contribution in [0.4, 0.5) is 5.69 Å². The van der Waals surface area contributed by atoms with Gasteiger partial charge >= 0.3 is 0 Å². The molecule has 0 fully saturated rings. The highest BCUT2D eigenvalue weighted by molar-refractivity contribution is 5.94. The fraction of sp³-hybridized carbons (Fsp3) is 0.316. The largest absolute Gasteiger partial charge is 0.497 e. The summed E-state index contributed by atoms with van der Waals surface area (Å²) in [5, 5.41) is 3.12. The highest BCUT2D eigenvalue weighted by atomic mass is 16.5. The first-order valence-electron chi connectivity index (χ1n) is 8.07. The average Bonchev–Trinajstić information content (AvgIpc) is 2.63. The predicted octanol–water partition coefficient (Wildman–Crippen LogP) is 2.72. The number of likely N-dealkylation sites (N-methyl/N-ethyl adjacent to an activating group) is 1. The number of carbonyl (C=O) groups excluding carboxylic acids is 1. The van der Waals surface area contributed by atoms with E-state index in [0.29, 0.717) is 19.7 Å². The van der Waals surface area contributed by atoms with Crippen LogP contribution in [0.5, 0.6) is 11.5 Å². The number of nitrogens with one attached hydrogen (secondary N) is 1. The van der Waals surface area contributed by atoms with Crippen LogP contribution in [0.1, 0.15) is 6.92 Å². The number of hydrogen-bond acceptors (Lipinski definition) is 4. The zero-order chi connectivity index (χ0) is 17.2. The molecule has 5 nitrogen and oxygen atoms in total. The Kier molecular flexibility index (Phi) is 7.11. The van der Waals surface area contributed by atoms with E-state index in [1.807, 2.05) is 61.5 Å². The molecule has 0 unspecified atom stereocenters. The maximum atomic E-state index is 12.3. The van der Waals surface area contributed by atoms with Crippen molar-refractivity contribution in [1.82, 2.24) is 5.32 Å². The molecule has 2 aromatic carbocycles. The van der Waals surface area contributed by atoms with Gasteiger partial charge in [-0.05, 0) is 43.3 Å². The number of amides is 1. The zero-order valence-corrected chi connectivity index (χ0v) is 14.2. The van der Waals surface area contributed by atoms with Crippen molar-refractivity contribution < 1.29 is 14.3 Å². The van der Waals surface area contributed by atoms with E-state index in [2.05, 4.69) is 5.32 Å². The second-order valence-corrected chi connectivity index (χ2v) is 5.17. The highest BCUT2D eigenvalue weighted by Gasteiger charge is 2.12. The molecule has 0 aliphatic heterocycles. The topological polar surface area (TPSA) is 50.8 Å². The normalized spacial score (nSPS) is 10.2. The van der Waals surface area contributed by atoms with Crippen LogP contribution in [-0.2, 0) is 4.79 Å². The van der Waals surface area contributed by atoms with Gasteiger partial charge in [-0.25, -0.2) is 0 Å². The van der Waals surface area contributed by atoms with Crippen molar-refractivity contribution in [2.45, 2.75) is 6.92 Å². The molecule has 5 heteroatoms. The van der Waals surface area contributed by atoms with E-state index in [4.69, 9.17) is 9.47 Å². The lowest BCUT2D eigenvalue weighted by molar-refractivity contribution is -0.117. The fourth-order valence-corrected chi connectivity index (χ4v) is 2.31. The van der Waals surface area contributed by atoms with Crippen molar-refractivity contribution in [3.05, 3.63) is 54.6 Å². The molecule has 2 aromatic rings. The Labute approximate surface area is 143 Å². The van der Waals surface area contributed by atoms with Crippen molar-refractivity contribution in [3.63, 3.8) is 0 Å². The van der Waals surface area contributed by atoms with Gasteiger partial charge in [0.2, 0.25) is 5.91 Å². The van der Waals surface area contributed by atoms with Crippen molar-refractivity contribution in [2.75, 3.05) is 38.3 Å². The summed E-state index contributed by atoms with van der Waals surface area (Å²) in [6, 6.07) is 17.1. The number of nitrogens with zero attached hydrogens (tertiary/aromatic N) is 1. The van der Waals surface area contributed by atoms with Gasteiger partial charge in [0, 0.05) is 18.8 Å². The number of methoxy groups -OCH3 is 1. The number of carbonyl (C=O) groups is 1. The minimum atomic E-state index is 0.0492. The first-order chi connectivity index (χ1) is 11.7. The molecule has 0 aliphatic rings. The van der Waals surface area contributed by atoms with Gasteiger partial charge in [0.1, 0.15) is 18.1 Å². The summed E-state index contributed by atoms with van der Waals surface area (Å²) in [7, 11) is 1.63. The van der Waals surface area contributed by atoms with Crippen molar-refractivity contribution >= 4 is 11.6 Å². The monoisotopic (exact) mass is 328 g/mol. The Bertz CT molecular complexity index is 614. The van der Waals surface area contributed by atoms with Crippen molar-refractivity contribution in [1.29, 1.82) is 0 Å². The number of anilines is 1. The van der Waals surface area contributed by atoms with Gasteiger partial charge in [-0.15, -0.1) is 0 Å². The van der Waals surface area contributed by atoms with Gasteiger partial charge in [0.05, 0.1) is 13.7 Å². The predicted molar refractivity (Wildman–Crippen MR) is 95.8 cm³/mol. The fourth-order valence-electron chi connectivity index (χ4n) is 2.31. The van der Waals surface area contributed by atoms with Gasteiger partial charge in [0.25, 0.3) is 0 Å². The summed E-state index contributed by atoms with van der Waals surface area (Å²) < 4.78 is 10.7. The second-order valence-electron chi connectivity index (χ2n) is 5.17. The van der Waals surface area contributed by atoms with E-state index in [0.717, 1.165) is 17.2 Å². The van der Waals surface area contributed by atoms with Gasteiger partial charge < -0.3 is 19.7 Å². The molecule has 128 valence electrons. The molecule has 0 aromatic heterocycles. The third-order valence-electron chi connectivity index (χ3n) is 3.57. The van der Waals surface area contributed by atoms with Crippen LogP contribution in [0.3, 0.4) is 0 Å². The molecular formula is C19H24N2O3. The minimum absolute atomic E-state index is 0.0492. The molecule has 0 heterocycles. The van der Waals surface area contributed by atoms with E-state index in [9.17, 15) is 4.79 Å². The Morgan fingerprint density at radius 1 is 1.04 bits per heavy atom. The molecule has 0 aliphatic carbocycles. The summed E-state index contributed by atoms with van der Waals surface area (Å²) >= 11 is 0. The van der Waals surface area contributed by atoms with Crippen LogP contribution < -0.4 is 19.7 Å². The molecule has 0 radical (unpaired) electrons. The third-order valence-corrected chi connectivity index (χ3v) is 3.57. The van der Waals surface area contributed by atoms with Crippen LogP contribution in [0, 0.1) is 0 Å². The minimum Gasteiger partial charge on any atom is -0.497 e. The number of hydrogen-bond donors (Lipinski definition) is 1. The van der Waals surface area contributed by atoms with Crippen LogP contribution in [-0.4, -0.2) is 39.3 Å². The van der Waals surface area contributed by atoms with Gasteiger partial charge in [-0.3, -0.25) is 4.79 Å². The quantitative estimate of drug-likeness (QED) is 0.719. The second kappa shape index (κ2) is 9.57. The lowest BCUT2D eigenvalue weighted by Gasteiger charge is -2.21. The lowest BCUT2D eigenvalue weighted by atomic mass is 10.3. The zero-order valence-electron chi connectivity index (χ0n) is 14.2. The number of ether oxygens (including phenoxy) is 2. The molecule has 0 atom stereocenters. The Balaban J connectivity index is 1.70. The molecular weight excluding hydrogens is 304 g/mol. The number of rotatable bonds is 9. The molecule has 0 bridgehead atoms. The molecule has 0 spiro atoms. The Morgan fingerprint density at radius 3 is 2.33 bits per heavy atom. The Morgan fingerprint density at radius 2 is 1.71 bits per heavy atom. The lowest BCUT2D eigenvalue weighted by Crippen LogP contribution is -2.39. The summed E-state index contributed by atoms with van der Waals surface area (Å²) in [6.45, 7) is 4.00.